The van der Waals surface area contributed by atoms with Crippen LogP contribution in [0, 0.1) is 12.3 Å². The molecule has 0 spiro atoms. The summed E-state index contributed by atoms with van der Waals surface area (Å²) in [5.74, 6) is 2.10. The molecule has 4 heteroatoms. The Kier molecular flexibility index (Phi) is 6.60. The molecule has 24 heavy (non-hydrogen) atoms. The topological polar surface area (TPSA) is 58.2 Å². The number of hydrogen-bond acceptors (Lipinski definition) is 2. The largest absolute Gasteiger partial charge is 0.347 e. The van der Waals surface area contributed by atoms with Gasteiger partial charge in [-0.15, -0.1) is 6.42 Å². The predicted octanol–water partition coefficient (Wildman–Crippen LogP) is 2.75. The molecule has 0 saturated heterocycles. The van der Waals surface area contributed by atoms with E-state index < -0.39 is 0 Å². The Bertz CT molecular complexity index is 733. The fraction of sp³-hybridized carbons (Fsp3) is 0.200. The summed E-state index contributed by atoms with van der Waals surface area (Å²) in [5, 5.41) is 5.33. The van der Waals surface area contributed by atoms with Gasteiger partial charge in [-0.05, 0) is 36.6 Å². The van der Waals surface area contributed by atoms with Crippen LogP contribution in [-0.2, 0) is 16.0 Å². The lowest BCUT2D eigenvalue weighted by molar-refractivity contribution is -0.124. The molecule has 0 radical (unpaired) electrons. The maximum Gasteiger partial charge on any atom is 0.243 e. The lowest BCUT2D eigenvalue weighted by atomic mass is 10.1. The molecule has 2 amide bonds. The van der Waals surface area contributed by atoms with Crippen molar-refractivity contribution >= 4 is 17.5 Å². The summed E-state index contributed by atoms with van der Waals surface area (Å²) in [5.41, 5.74) is 2.52. The first-order chi connectivity index (χ1) is 11.7. The summed E-state index contributed by atoms with van der Waals surface area (Å²) >= 11 is 0. The number of carbonyl (C=O) groups excluding carboxylic acids is 2. The summed E-state index contributed by atoms with van der Waals surface area (Å²) in [4.78, 5) is 23.6. The molecule has 0 unspecified atom stereocenters. The van der Waals surface area contributed by atoms with E-state index in [1.807, 2.05) is 30.3 Å². The molecule has 0 fully saturated rings. The number of nitrogens with one attached hydrogen (secondary N) is 2. The summed E-state index contributed by atoms with van der Waals surface area (Å²) in [7, 11) is 0. The Morgan fingerprint density at radius 1 is 1.00 bits per heavy atom. The van der Waals surface area contributed by atoms with Gasteiger partial charge in [0.2, 0.25) is 11.8 Å². The van der Waals surface area contributed by atoms with Gasteiger partial charge in [0.15, 0.2) is 0 Å². The molecule has 122 valence electrons. The van der Waals surface area contributed by atoms with Gasteiger partial charge in [0, 0.05) is 17.7 Å². The Labute approximate surface area is 142 Å². The fourth-order valence-electron chi connectivity index (χ4n) is 2.26. The molecule has 0 aliphatic rings. The van der Waals surface area contributed by atoms with E-state index in [9.17, 15) is 9.59 Å². The number of hydrogen-bond donors (Lipinski definition) is 2. The van der Waals surface area contributed by atoms with Crippen LogP contribution in [0.25, 0.3) is 0 Å². The molecule has 0 bridgehead atoms. The molecule has 2 aromatic carbocycles. The van der Waals surface area contributed by atoms with Crippen LogP contribution in [0.5, 0.6) is 0 Å². The number of aryl methyl sites for hydroxylation is 1. The molecular formula is C20H20N2O2. The van der Waals surface area contributed by atoms with Crippen LogP contribution in [0.15, 0.2) is 54.6 Å². The van der Waals surface area contributed by atoms with Gasteiger partial charge in [-0.3, -0.25) is 9.59 Å². The summed E-state index contributed by atoms with van der Waals surface area (Å²) in [6.07, 6.45) is 7.31. The monoisotopic (exact) mass is 320 g/mol. The first-order valence-corrected chi connectivity index (χ1v) is 7.84. The SMILES string of the molecule is C#Cc1cccc(NC(=O)CNC(=O)CCCc2ccccc2)c1. The molecule has 2 aromatic rings. The van der Waals surface area contributed by atoms with Crippen molar-refractivity contribution in [3.8, 4) is 12.3 Å². The third-order valence-corrected chi connectivity index (χ3v) is 3.47. The van der Waals surface area contributed by atoms with Crippen LogP contribution >= 0.6 is 0 Å². The highest BCUT2D eigenvalue weighted by molar-refractivity contribution is 5.94. The van der Waals surface area contributed by atoms with Crippen LogP contribution < -0.4 is 10.6 Å². The van der Waals surface area contributed by atoms with Crippen molar-refractivity contribution in [3.63, 3.8) is 0 Å². The standard InChI is InChI=1S/C20H20N2O2/c1-2-16-10-6-12-18(14-16)22-20(24)15-21-19(23)13-7-11-17-8-4-3-5-9-17/h1,3-6,8-10,12,14H,7,11,13,15H2,(H,21,23)(H,22,24). The van der Waals surface area contributed by atoms with Crippen molar-refractivity contribution in [3.05, 3.63) is 65.7 Å². The average molecular weight is 320 g/mol. The molecule has 2 N–H and O–H groups in total. The third kappa shape index (κ3) is 5.98. The first kappa shape index (κ1) is 17.3. The second-order valence-electron chi connectivity index (χ2n) is 5.39. The van der Waals surface area contributed by atoms with E-state index >= 15 is 0 Å². The van der Waals surface area contributed by atoms with E-state index in [2.05, 4.69) is 16.6 Å². The van der Waals surface area contributed by atoms with Gasteiger partial charge in [-0.1, -0.05) is 42.3 Å². The first-order valence-electron chi connectivity index (χ1n) is 7.84. The van der Waals surface area contributed by atoms with Crippen LogP contribution in [0.1, 0.15) is 24.0 Å². The molecular weight excluding hydrogens is 300 g/mol. The van der Waals surface area contributed by atoms with Crippen LogP contribution in [0.3, 0.4) is 0 Å². The maximum absolute atomic E-state index is 11.8. The van der Waals surface area contributed by atoms with Crippen molar-refractivity contribution in [1.82, 2.24) is 5.32 Å². The Balaban J connectivity index is 1.67. The van der Waals surface area contributed by atoms with Gasteiger partial charge < -0.3 is 10.6 Å². The van der Waals surface area contributed by atoms with E-state index in [-0.39, 0.29) is 18.4 Å². The second-order valence-corrected chi connectivity index (χ2v) is 5.39. The van der Waals surface area contributed by atoms with Crippen molar-refractivity contribution in [2.45, 2.75) is 19.3 Å². The third-order valence-electron chi connectivity index (χ3n) is 3.47. The van der Waals surface area contributed by atoms with E-state index in [4.69, 9.17) is 6.42 Å². The smallest absolute Gasteiger partial charge is 0.243 e. The zero-order valence-electron chi connectivity index (χ0n) is 13.4. The van der Waals surface area contributed by atoms with E-state index in [0.717, 1.165) is 12.8 Å². The zero-order chi connectivity index (χ0) is 17.2. The van der Waals surface area contributed by atoms with Gasteiger partial charge in [-0.2, -0.15) is 0 Å². The minimum Gasteiger partial charge on any atom is -0.347 e. The lowest BCUT2D eigenvalue weighted by Gasteiger charge is -2.07. The number of amides is 2. The minimum absolute atomic E-state index is 0.0511. The molecule has 0 saturated carbocycles. The molecule has 0 atom stereocenters. The van der Waals surface area contributed by atoms with Gasteiger partial charge in [-0.25, -0.2) is 0 Å². The Morgan fingerprint density at radius 3 is 2.54 bits per heavy atom. The van der Waals surface area contributed by atoms with Gasteiger partial charge in [0.25, 0.3) is 0 Å². The number of rotatable bonds is 7. The van der Waals surface area contributed by atoms with Gasteiger partial charge in [0.1, 0.15) is 0 Å². The van der Waals surface area contributed by atoms with Crippen molar-refractivity contribution < 1.29 is 9.59 Å². The molecule has 0 heterocycles. The molecule has 0 aliphatic carbocycles. The number of terminal acetylenes is 1. The van der Waals surface area contributed by atoms with Crippen molar-refractivity contribution in [2.75, 3.05) is 11.9 Å². The normalized spacial score (nSPS) is 9.79. The number of benzene rings is 2. The second kappa shape index (κ2) is 9.16. The molecule has 4 nitrogen and oxygen atoms in total. The number of carbonyl (C=O) groups is 2. The summed E-state index contributed by atoms with van der Waals surface area (Å²) in [6.45, 7) is -0.0511. The highest BCUT2D eigenvalue weighted by Gasteiger charge is 2.06. The van der Waals surface area contributed by atoms with Gasteiger partial charge in [0.05, 0.1) is 6.54 Å². The highest BCUT2D eigenvalue weighted by atomic mass is 16.2. The van der Waals surface area contributed by atoms with E-state index in [0.29, 0.717) is 17.7 Å². The Hall–Kier alpha value is -3.06. The summed E-state index contributed by atoms with van der Waals surface area (Å²) in [6, 6.07) is 17.0. The predicted molar refractivity (Wildman–Crippen MR) is 95.4 cm³/mol. The van der Waals surface area contributed by atoms with Crippen LogP contribution in [0.2, 0.25) is 0 Å². The maximum atomic E-state index is 11.8. The quantitative estimate of drug-likeness (QED) is 0.771. The zero-order valence-corrected chi connectivity index (χ0v) is 13.4. The fourth-order valence-corrected chi connectivity index (χ4v) is 2.26. The van der Waals surface area contributed by atoms with E-state index in [1.54, 1.807) is 24.3 Å². The molecule has 0 aliphatic heterocycles. The Morgan fingerprint density at radius 2 is 1.79 bits per heavy atom. The average Bonchev–Trinajstić information content (AvgIpc) is 2.61. The lowest BCUT2D eigenvalue weighted by Crippen LogP contribution is -2.32. The highest BCUT2D eigenvalue weighted by Crippen LogP contribution is 2.09. The number of anilines is 1. The molecule has 0 aromatic heterocycles. The van der Waals surface area contributed by atoms with Crippen molar-refractivity contribution in [2.24, 2.45) is 0 Å². The molecule has 2 rings (SSSR count). The van der Waals surface area contributed by atoms with Crippen LogP contribution in [-0.4, -0.2) is 18.4 Å². The van der Waals surface area contributed by atoms with Crippen molar-refractivity contribution in [1.29, 1.82) is 0 Å². The summed E-state index contributed by atoms with van der Waals surface area (Å²) < 4.78 is 0. The van der Waals surface area contributed by atoms with Gasteiger partial charge >= 0.3 is 0 Å². The van der Waals surface area contributed by atoms with Crippen LogP contribution in [0.4, 0.5) is 5.69 Å². The minimum atomic E-state index is -0.277. The van der Waals surface area contributed by atoms with E-state index in [1.165, 1.54) is 5.56 Å².